The van der Waals surface area contributed by atoms with Crippen LogP contribution in [0, 0.1) is 10.1 Å². The first kappa shape index (κ1) is 17.6. The second-order valence-corrected chi connectivity index (χ2v) is 6.35. The standard InChI is InChI=1S/C19H19N3O4/c1-13(23)21-9-8-15-11-16(6-7-18(15)21)19(24)20(2)12-14-4-3-5-17(10-14)22(25)26/h3-7,10-11H,8-9,12H2,1-2H3. The van der Waals surface area contributed by atoms with Crippen LogP contribution < -0.4 is 4.90 Å². The quantitative estimate of drug-likeness (QED) is 0.625. The number of amides is 2. The average Bonchev–Trinajstić information content (AvgIpc) is 3.04. The molecule has 0 aromatic heterocycles. The number of carbonyl (C=O) groups excluding carboxylic acids is 2. The first-order valence-corrected chi connectivity index (χ1v) is 8.26. The molecule has 1 heterocycles. The number of fused-ring (bicyclic) bond motifs is 1. The first-order valence-electron chi connectivity index (χ1n) is 8.26. The van der Waals surface area contributed by atoms with Gasteiger partial charge in [0.2, 0.25) is 5.91 Å². The van der Waals surface area contributed by atoms with Crippen molar-refractivity contribution in [3.05, 3.63) is 69.3 Å². The molecule has 1 aliphatic heterocycles. The van der Waals surface area contributed by atoms with Crippen molar-refractivity contribution in [3.8, 4) is 0 Å². The zero-order valence-electron chi connectivity index (χ0n) is 14.6. The van der Waals surface area contributed by atoms with E-state index in [2.05, 4.69) is 0 Å². The van der Waals surface area contributed by atoms with Crippen molar-refractivity contribution < 1.29 is 14.5 Å². The molecule has 2 aromatic rings. The summed E-state index contributed by atoms with van der Waals surface area (Å²) in [4.78, 5) is 38.0. The van der Waals surface area contributed by atoms with Crippen LogP contribution in [0.2, 0.25) is 0 Å². The Labute approximate surface area is 151 Å². The third-order valence-corrected chi connectivity index (χ3v) is 4.49. The Morgan fingerprint density at radius 1 is 1.23 bits per heavy atom. The largest absolute Gasteiger partial charge is 0.337 e. The van der Waals surface area contributed by atoms with Gasteiger partial charge >= 0.3 is 0 Å². The van der Waals surface area contributed by atoms with Crippen molar-refractivity contribution in [1.29, 1.82) is 0 Å². The van der Waals surface area contributed by atoms with Gasteiger partial charge in [0.1, 0.15) is 0 Å². The predicted octanol–water partition coefficient (Wildman–Crippen LogP) is 2.78. The molecule has 7 heteroatoms. The lowest BCUT2D eigenvalue weighted by atomic mass is 10.1. The van der Waals surface area contributed by atoms with Crippen LogP contribution in [0.3, 0.4) is 0 Å². The number of nitro groups is 1. The maximum atomic E-state index is 12.7. The maximum absolute atomic E-state index is 12.7. The summed E-state index contributed by atoms with van der Waals surface area (Å²) >= 11 is 0. The van der Waals surface area contributed by atoms with E-state index in [-0.39, 0.29) is 24.0 Å². The van der Waals surface area contributed by atoms with Crippen molar-refractivity contribution in [1.82, 2.24) is 4.90 Å². The minimum atomic E-state index is -0.452. The minimum absolute atomic E-state index is 0.00482. The molecule has 0 saturated heterocycles. The number of benzene rings is 2. The van der Waals surface area contributed by atoms with Crippen molar-refractivity contribution >= 4 is 23.2 Å². The predicted molar refractivity (Wildman–Crippen MR) is 97.1 cm³/mol. The monoisotopic (exact) mass is 353 g/mol. The molecule has 0 radical (unpaired) electrons. The van der Waals surface area contributed by atoms with Gasteiger partial charge in [-0.25, -0.2) is 0 Å². The van der Waals surface area contributed by atoms with Gasteiger partial charge in [0.25, 0.3) is 11.6 Å². The summed E-state index contributed by atoms with van der Waals surface area (Å²) in [5.74, 6) is -0.175. The SMILES string of the molecule is CC(=O)N1CCc2cc(C(=O)N(C)Cc3cccc([N+](=O)[O-])c3)ccc21. The summed E-state index contributed by atoms with van der Waals surface area (Å²) in [6.07, 6.45) is 0.727. The molecule has 0 N–H and O–H groups in total. The Morgan fingerprint density at radius 3 is 2.69 bits per heavy atom. The van der Waals surface area contributed by atoms with Crippen molar-refractivity contribution in [2.45, 2.75) is 19.9 Å². The number of anilines is 1. The zero-order valence-corrected chi connectivity index (χ0v) is 14.6. The molecule has 0 atom stereocenters. The van der Waals surface area contributed by atoms with Crippen LogP contribution in [0.15, 0.2) is 42.5 Å². The third-order valence-electron chi connectivity index (χ3n) is 4.49. The number of rotatable bonds is 4. The Hall–Kier alpha value is -3.22. The van der Waals surface area contributed by atoms with Crippen LogP contribution in [-0.4, -0.2) is 35.2 Å². The van der Waals surface area contributed by atoms with E-state index in [0.29, 0.717) is 17.7 Å². The molecule has 2 aromatic carbocycles. The molecular weight excluding hydrogens is 334 g/mol. The van der Waals surface area contributed by atoms with E-state index in [4.69, 9.17) is 0 Å². The van der Waals surface area contributed by atoms with E-state index < -0.39 is 4.92 Å². The Morgan fingerprint density at radius 2 is 2.00 bits per heavy atom. The van der Waals surface area contributed by atoms with E-state index >= 15 is 0 Å². The van der Waals surface area contributed by atoms with Crippen LogP contribution in [-0.2, 0) is 17.8 Å². The number of hydrogen-bond donors (Lipinski definition) is 0. The lowest BCUT2D eigenvalue weighted by molar-refractivity contribution is -0.384. The highest BCUT2D eigenvalue weighted by Gasteiger charge is 2.24. The van der Waals surface area contributed by atoms with E-state index in [1.165, 1.54) is 24.0 Å². The fraction of sp³-hybridized carbons (Fsp3) is 0.263. The Balaban J connectivity index is 1.76. The Bertz CT molecular complexity index is 894. The number of non-ortho nitro benzene ring substituents is 1. The normalized spacial score (nSPS) is 12.6. The topological polar surface area (TPSA) is 83.8 Å². The molecule has 7 nitrogen and oxygen atoms in total. The van der Waals surface area contributed by atoms with Gasteiger partial charge in [0.15, 0.2) is 0 Å². The number of nitro benzene ring substituents is 1. The summed E-state index contributed by atoms with van der Waals surface area (Å²) < 4.78 is 0. The second kappa shape index (κ2) is 6.95. The maximum Gasteiger partial charge on any atom is 0.269 e. The molecule has 0 fully saturated rings. The molecule has 0 saturated carbocycles. The third kappa shape index (κ3) is 3.42. The lowest BCUT2D eigenvalue weighted by Crippen LogP contribution is -2.27. The molecule has 3 rings (SSSR count). The van der Waals surface area contributed by atoms with E-state index in [1.807, 2.05) is 6.07 Å². The van der Waals surface area contributed by atoms with Crippen LogP contribution in [0.5, 0.6) is 0 Å². The van der Waals surface area contributed by atoms with Gasteiger partial charge in [-0.1, -0.05) is 12.1 Å². The van der Waals surface area contributed by atoms with Gasteiger partial charge in [-0.05, 0) is 35.7 Å². The highest BCUT2D eigenvalue weighted by atomic mass is 16.6. The van der Waals surface area contributed by atoms with Gasteiger partial charge in [0, 0.05) is 50.4 Å². The van der Waals surface area contributed by atoms with Gasteiger partial charge in [-0.2, -0.15) is 0 Å². The molecule has 0 spiro atoms. The van der Waals surface area contributed by atoms with Crippen LogP contribution in [0.25, 0.3) is 0 Å². The summed E-state index contributed by atoms with van der Waals surface area (Å²) in [6.45, 7) is 2.43. The fourth-order valence-electron chi connectivity index (χ4n) is 3.20. The van der Waals surface area contributed by atoms with Crippen molar-refractivity contribution in [2.75, 3.05) is 18.5 Å². The Kier molecular flexibility index (Phi) is 4.71. The van der Waals surface area contributed by atoms with Gasteiger partial charge < -0.3 is 9.80 Å². The minimum Gasteiger partial charge on any atom is -0.337 e. The molecule has 134 valence electrons. The average molecular weight is 353 g/mol. The van der Waals surface area contributed by atoms with Crippen LogP contribution in [0.4, 0.5) is 11.4 Å². The van der Waals surface area contributed by atoms with Crippen LogP contribution >= 0.6 is 0 Å². The number of carbonyl (C=O) groups is 2. The van der Waals surface area contributed by atoms with Crippen LogP contribution in [0.1, 0.15) is 28.4 Å². The van der Waals surface area contributed by atoms with Crippen molar-refractivity contribution in [2.24, 2.45) is 0 Å². The molecular formula is C19H19N3O4. The fourth-order valence-corrected chi connectivity index (χ4v) is 3.20. The molecule has 2 amide bonds. The molecule has 1 aliphatic rings. The van der Waals surface area contributed by atoms with Gasteiger partial charge in [-0.3, -0.25) is 19.7 Å². The van der Waals surface area contributed by atoms with Gasteiger partial charge in [-0.15, -0.1) is 0 Å². The first-order chi connectivity index (χ1) is 12.4. The summed E-state index contributed by atoms with van der Waals surface area (Å²) in [6, 6.07) is 11.6. The second-order valence-electron chi connectivity index (χ2n) is 6.35. The summed E-state index contributed by atoms with van der Waals surface area (Å²) in [5, 5.41) is 10.9. The van der Waals surface area contributed by atoms with Gasteiger partial charge in [0.05, 0.1) is 4.92 Å². The molecule has 0 aliphatic carbocycles. The van der Waals surface area contributed by atoms with E-state index in [9.17, 15) is 19.7 Å². The van der Waals surface area contributed by atoms with E-state index in [0.717, 1.165) is 17.7 Å². The van der Waals surface area contributed by atoms with E-state index in [1.54, 1.807) is 36.2 Å². The zero-order chi connectivity index (χ0) is 18.8. The summed E-state index contributed by atoms with van der Waals surface area (Å²) in [5.41, 5.74) is 3.08. The molecule has 0 unspecified atom stereocenters. The van der Waals surface area contributed by atoms with Crippen molar-refractivity contribution in [3.63, 3.8) is 0 Å². The molecule has 0 bridgehead atoms. The number of nitrogens with zero attached hydrogens (tertiary/aromatic N) is 3. The highest BCUT2D eigenvalue weighted by molar-refractivity contribution is 5.97. The highest BCUT2D eigenvalue weighted by Crippen LogP contribution is 2.29. The number of hydrogen-bond acceptors (Lipinski definition) is 4. The summed E-state index contributed by atoms with van der Waals surface area (Å²) in [7, 11) is 1.66. The lowest BCUT2D eigenvalue weighted by Gasteiger charge is -2.18. The molecule has 26 heavy (non-hydrogen) atoms. The smallest absolute Gasteiger partial charge is 0.269 e.